The minimum Gasteiger partial charge on any atom is -0.497 e. The summed E-state index contributed by atoms with van der Waals surface area (Å²) >= 11 is 2.87. The average molecular weight is 498 g/mol. The minimum atomic E-state index is -0.153. The maximum atomic E-state index is 12.7. The summed E-state index contributed by atoms with van der Waals surface area (Å²) in [6, 6.07) is 9.66. The van der Waals surface area contributed by atoms with E-state index < -0.39 is 0 Å². The van der Waals surface area contributed by atoms with E-state index in [1.807, 2.05) is 35.8 Å². The molecule has 2 aromatic heterocycles. The molecule has 0 aliphatic heterocycles. The monoisotopic (exact) mass is 497 g/mol. The number of amides is 1. The number of ether oxygens (including phenoxy) is 2. The number of aromatic nitrogens is 3. The van der Waals surface area contributed by atoms with Gasteiger partial charge in [-0.05, 0) is 62.4 Å². The number of benzene rings is 1. The van der Waals surface area contributed by atoms with Crippen molar-refractivity contribution in [3.63, 3.8) is 0 Å². The van der Waals surface area contributed by atoms with E-state index in [1.165, 1.54) is 23.1 Å². The van der Waals surface area contributed by atoms with Crippen molar-refractivity contribution in [1.82, 2.24) is 14.8 Å². The molecule has 178 valence electrons. The van der Waals surface area contributed by atoms with Crippen LogP contribution in [0.2, 0.25) is 0 Å². The van der Waals surface area contributed by atoms with Gasteiger partial charge in [-0.1, -0.05) is 18.2 Å². The number of thiophene rings is 1. The van der Waals surface area contributed by atoms with Gasteiger partial charge in [0.25, 0.3) is 0 Å². The molecular weight excluding hydrogens is 470 g/mol. The van der Waals surface area contributed by atoms with Gasteiger partial charge in [0.05, 0.1) is 18.4 Å². The fraction of sp³-hybridized carbons (Fsp3) is 0.417. The number of nitrogens with zero attached hydrogens (tertiary/aromatic N) is 4. The van der Waals surface area contributed by atoms with Gasteiger partial charge in [0, 0.05) is 11.4 Å². The number of carbonyl (C=O) groups is 1. The van der Waals surface area contributed by atoms with Crippen molar-refractivity contribution in [2.45, 2.75) is 57.3 Å². The number of fused-ring (bicyclic) bond motifs is 1. The zero-order valence-corrected chi connectivity index (χ0v) is 20.9. The topological polar surface area (TPSA) is 102 Å². The summed E-state index contributed by atoms with van der Waals surface area (Å²) in [6.45, 7) is 2.93. The predicted octanol–water partition coefficient (Wildman–Crippen LogP) is 4.82. The van der Waals surface area contributed by atoms with Crippen molar-refractivity contribution in [2.75, 3.05) is 18.2 Å². The first-order valence-corrected chi connectivity index (χ1v) is 13.1. The lowest BCUT2D eigenvalue weighted by Gasteiger charge is -2.09. The zero-order chi connectivity index (χ0) is 23.9. The highest BCUT2D eigenvalue weighted by atomic mass is 32.2. The van der Waals surface area contributed by atoms with Crippen molar-refractivity contribution in [2.24, 2.45) is 0 Å². The van der Waals surface area contributed by atoms with E-state index in [0.717, 1.165) is 37.0 Å². The molecule has 0 bridgehead atoms. The van der Waals surface area contributed by atoms with Crippen molar-refractivity contribution < 1.29 is 14.3 Å². The molecule has 0 spiro atoms. The molecule has 0 saturated heterocycles. The summed E-state index contributed by atoms with van der Waals surface area (Å²) in [5, 5.41) is 22.4. The minimum absolute atomic E-state index is 0.153. The molecule has 3 aromatic rings. The van der Waals surface area contributed by atoms with Gasteiger partial charge in [0.15, 0.2) is 11.0 Å². The van der Waals surface area contributed by atoms with Crippen LogP contribution in [0, 0.1) is 11.3 Å². The van der Waals surface area contributed by atoms with Crippen molar-refractivity contribution >= 4 is 34.0 Å². The number of thioether (sulfide) groups is 1. The summed E-state index contributed by atoms with van der Waals surface area (Å²) in [7, 11) is 1.62. The van der Waals surface area contributed by atoms with E-state index in [-0.39, 0.29) is 18.3 Å². The summed E-state index contributed by atoms with van der Waals surface area (Å²) in [4.78, 5) is 13.9. The van der Waals surface area contributed by atoms with Gasteiger partial charge in [-0.2, -0.15) is 5.26 Å². The average Bonchev–Trinajstić information content (AvgIpc) is 3.32. The van der Waals surface area contributed by atoms with Crippen LogP contribution < -0.4 is 14.8 Å². The normalized spacial score (nSPS) is 13.0. The zero-order valence-electron chi connectivity index (χ0n) is 19.3. The number of hydrogen-bond acceptors (Lipinski definition) is 8. The molecule has 1 aromatic carbocycles. The fourth-order valence-electron chi connectivity index (χ4n) is 3.91. The molecule has 0 radical (unpaired) electrons. The third-order valence-corrected chi connectivity index (χ3v) is 7.83. The Morgan fingerprint density at radius 2 is 1.97 bits per heavy atom. The number of nitriles is 1. The van der Waals surface area contributed by atoms with E-state index in [4.69, 9.17) is 9.47 Å². The Labute approximate surface area is 207 Å². The van der Waals surface area contributed by atoms with Crippen molar-refractivity contribution in [3.05, 3.63) is 46.1 Å². The maximum Gasteiger partial charge on any atom is 0.235 e. The molecular formula is C24H27N5O3S2. The Morgan fingerprint density at radius 3 is 2.71 bits per heavy atom. The highest BCUT2D eigenvalue weighted by molar-refractivity contribution is 7.99. The number of anilines is 1. The van der Waals surface area contributed by atoms with Gasteiger partial charge in [-0.15, -0.1) is 21.5 Å². The molecule has 34 heavy (non-hydrogen) atoms. The van der Waals surface area contributed by atoms with Gasteiger partial charge in [-0.25, -0.2) is 0 Å². The molecule has 0 unspecified atom stereocenters. The van der Waals surface area contributed by atoms with Crippen LogP contribution in [0.25, 0.3) is 0 Å². The number of nitrogens with one attached hydrogen (secondary N) is 1. The lowest BCUT2D eigenvalue weighted by Crippen LogP contribution is -2.15. The lowest BCUT2D eigenvalue weighted by atomic mass is 10.1. The standard InChI is InChI=1S/C24H27N5O3S2/c1-3-29-21(14-32-17-11-9-16(31-2)10-12-17)27-28-24(29)33-15-22(30)26-23-19(13-25)18-7-5-4-6-8-20(18)34-23/h9-12H,3-8,14-15H2,1-2H3,(H,26,30). The molecule has 0 atom stereocenters. The first-order chi connectivity index (χ1) is 16.6. The summed E-state index contributed by atoms with van der Waals surface area (Å²) < 4.78 is 12.9. The molecule has 1 aliphatic rings. The number of rotatable bonds is 9. The van der Waals surface area contributed by atoms with Crippen molar-refractivity contribution in [1.29, 1.82) is 5.26 Å². The molecule has 1 N–H and O–H groups in total. The van der Waals surface area contributed by atoms with Crippen LogP contribution in [-0.2, 0) is 30.8 Å². The molecule has 0 fully saturated rings. The quantitative estimate of drug-likeness (QED) is 0.334. The largest absolute Gasteiger partial charge is 0.497 e. The highest BCUT2D eigenvalue weighted by Crippen LogP contribution is 2.37. The second-order valence-corrected chi connectivity index (χ2v) is 9.87. The summed E-state index contributed by atoms with van der Waals surface area (Å²) in [5.41, 5.74) is 1.76. The molecule has 8 nitrogen and oxygen atoms in total. The lowest BCUT2D eigenvalue weighted by molar-refractivity contribution is -0.113. The third-order valence-electron chi connectivity index (χ3n) is 5.66. The molecule has 10 heteroatoms. The Morgan fingerprint density at radius 1 is 1.21 bits per heavy atom. The number of methoxy groups -OCH3 is 1. The van der Waals surface area contributed by atoms with E-state index >= 15 is 0 Å². The van der Waals surface area contributed by atoms with Gasteiger partial charge >= 0.3 is 0 Å². The van der Waals surface area contributed by atoms with Crippen LogP contribution >= 0.6 is 23.1 Å². The van der Waals surface area contributed by atoms with Crippen LogP contribution in [-0.4, -0.2) is 33.5 Å². The predicted molar refractivity (Wildman–Crippen MR) is 133 cm³/mol. The first kappa shape index (κ1) is 24.1. The van der Waals surface area contributed by atoms with Crippen LogP contribution in [0.15, 0.2) is 29.4 Å². The van der Waals surface area contributed by atoms with E-state index in [2.05, 4.69) is 21.6 Å². The SMILES string of the molecule is CCn1c(COc2ccc(OC)cc2)nnc1SCC(=O)Nc1sc2c(c1C#N)CCCCC2. The van der Waals surface area contributed by atoms with Crippen LogP contribution in [0.4, 0.5) is 5.00 Å². The van der Waals surface area contributed by atoms with Crippen molar-refractivity contribution in [3.8, 4) is 17.6 Å². The highest BCUT2D eigenvalue weighted by Gasteiger charge is 2.21. The summed E-state index contributed by atoms with van der Waals surface area (Å²) in [5.74, 6) is 2.20. The van der Waals surface area contributed by atoms with Crippen LogP contribution in [0.5, 0.6) is 11.5 Å². The Bertz CT molecular complexity index is 1180. The second-order valence-electron chi connectivity index (χ2n) is 7.82. The van der Waals surface area contributed by atoms with Crippen LogP contribution in [0.3, 0.4) is 0 Å². The molecule has 4 rings (SSSR count). The van der Waals surface area contributed by atoms with E-state index in [0.29, 0.717) is 33.8 Å². The van der Waals surface area contributed by atoms with E-state index in [9.17, 15) is 10.1 Å². The maximum absolute atomic E-state index is 12.7. The van der Waals surface area contributed by atoms with Gasteiger partial charge in [0.1, 0.15) is 29.2 Å². The third kappa shape index (κ3) is 5.54. The Kier molecular flexibility index (Phi) is 8.08. The summed E-state index contributed by atoms with van der Waals surface area (Å²) in [6.07, 6.45) is 5.33. The Balaban J connectivity index is 1.36. The van der Waals surface area contributed by atoms with Crippen LogP contribution in [0.1, 0.15) is 48.0 Å². The van der Waals surface area contributed by atoms with Gasteiger partial charge in [0.2, 0.25) is 5.91 Å². The number of aryl methyl sites for hydroxylation is 1. The molecule has 1 amide bonds. The van der Waals surface area contributed by atoms with Gasteiger partial charge in [-0.3, -0.25) is 4.79 Å². The van der Waals surface area contributed by atoms with E-state index in [1.54, 1.807) is 18.4 Å². The first-order valence-electron chi connectivity index (χ1n) is 11.3. The number of carbonyl (C=O) groups excluding carboxylic acids is 1. The molecule has 2 heterocycles. The fourth-order valence-corrected chi connectivity index (χ4v) is 5.99. The Hall–Kier alpha value is -3.03. The number of hydrogen-bond donors (Lipinski definition) is 1. The second kappa shape index (κ2) is 11.4. The smallest absolute Gasteiger partial charge is 0.235 e. The van der Waals surface area contributed by atoms with Gasteiger partial charge < -0.3 is 19.4 Å². The molecule has 0 saturated carbocycles. The molecule has 1 aliphatic carbocycles.